The molecule has 0 heterocycles. The zero-order valence-electron chi connectivity index (χ0n) is 8.98. The summed E-state index contributed by atoms with van der Waals surface area (Å²) in [5.41, 5.74) is -0.401. The molecule has 0 aliphatic carbocycles. The van der Waals surface area contributed by atoms with Gasteiger partial charge in [0, 0.05) is 7.11 Å². The summed E-state index contributed by atoms with van der Waals surface area (Å²) in [6.07, 6.45) is -0.986. The molecular formula is C10H17F3O. The van der Waals surface area contributed by atoms with Crippen LogP contribution >= 0.6 is 0 Å². The first kappa shape index (κ1) is 13.5. The van der Waals surface area contributed by atoms with Crippen LogP contribution in [0.4, 0.5) is 13.2 Å². The molecule has 0 amide bonds. The second-order valence-electron chi connectivity index (χ2n) is 3.93. The molecule has 0 N–H and O–H groups in total. The van der Waals surface area contributed by atoms with Gasteiger partial charge in [0.05, 0.1) is 11.5 Å². The Morgan fingerprint density at radius 2 is 1.79 bits per heavy atom. The fraction of sp³-hybridized carbons (Fsp3) is 0.800. The van der Waals surface area contributed by atoms with Crippen molar-refractivity contribution in [3.05, 3.63) is 12.2 Å². The summed E-state index contributed by atoms with van der Waals surface area (Å²) in [4.78, 5) is 0. The zero-order valence-corrected chi connectivity index (χ0v) is 8.98. The van der Waals surface area contributed by atoms with Gasteiger partial charge in [-0.2, -0.15) is 13.2 Å². The number of alkyl halides is 3. The number of allylic oxidation sites excluding steroid dienone is 1. The third-order valence-electron chi connectivity index (χ3n) is 2.10. The lowest BCUT2D eigenvalue weighted by atomic mass is 10.0. The molecule has 0 aliphatic rings. The molecule has 0 bridgehead atoms. The normalized spacial score (nSPS) is 16.2. The third kappa shape index (κ3) is 5.27. The Balaban J connectivity index is 4.08. The Labute approximate surface area is 82.9 Å². The topological polar surface area (TPSA) is 9.23 Å². The molecule has 0 rings (SSSR count). The van der Waals surface area contributed by atoms with Crippen molar-refractivity contribution < 1.29 is 17.9 Å². The fourth-order valence-corrected chi connectivity index (χ4v) is 0.748. The van der Waals surface area contributed by atoms with Crippen LogP contribution in [0.15, 0.2) is 12.2 Å². The van der Waals surface area contributed by atoms with E-state index >= 15 is 0 Å². The molecule has 0 aromatic carbocycles. The van der Waals surface area contributed by atoms with Gasteiger partial charge in [0.25, 0.3) is 0 Å². The quantitative estimate of drug-likeness (QED) is 0.645. The Kier molecular flexibility index (Phi) is 4.65. The average molecular weight is 210 g/mol. The molecule has 1 nitrogen and oxygen atoms in total. The van der Waals surface area contributed by atoms with Gasteiger partial charge in [0.15, 0.2) is 0 Å². The number of hydrogen-bond donors (Lipinski definition) is 0. The number of halogens is 3. The van der Waals surface area contributed by atoms with E-state index in [1.807, 2.05) is 13.8 Å². The van der Waals surface area contributed by atoms with Gasteiger partial charge in [-0.25, -0.2) is 0 Å². The molecule has 4 heteroatoms. The molecule has 0 aromatic rings. The first-order valence-corrected chi connectivity index (χ1v) is 4.47. The number of ether oxygens (including phenoxy) is 1. The van der Waals surface area contributed by atoms with E-state index < -0.39 is 17.7 Å². The summed E-state index contributed by atoms with van der Waals surface area (Å²) < 4.78 is 41.3. The van der Waals surface area contributed by atoms with Gasteiger partial charge in [-0.1, -0.05) is 19.1 Å². The van der Waals surface area contributed by atoms with Crippen molar-refractivity contribution in [1.82, 2.24) is 0 Å². The molecule has 84 valence electrons. The van der Waals surface area contributed by atoms with Crippen LogP contribution in [0.25, 0.3) is 0 Å². The van der Waals surface area contributed by atoms with Crippen LogP contribution in [0.5, 0.6) is 0 Å². The largest absolute Gasteiger partial charge is 0.394 e. The summed E-state index contributed by atoms with van der Waals surface area (Å²) in [5.74, 6) is -1.39. The van der Waals surface area contributed by atoms with Crippen molar-refractivity contribution >= 4 is 0 Å². The number of hydrogen-bond acceptors (Lipinski definition) is 1. The summed E-state index contributed by atoms with van der Waals surface area (Å²) in [6, 6.07) is 0. The molecule has 0 aromatic heterocycles. The lowest BCUT2D eigenvalue weighted by Gasteiger charge is -2.21. The Hall–Kier alpha value is -0.510. The second-order valence-corrected chi connectivity index (χ2v) is 3.93. The standard InChI is InChI=1S/C10H17F3O/c1-8(10(11,12)13)6-5-7-9(2,3)14-4/h5-6,8H,7H2,1-4H3. The minimum atomic E-state index is -4.15. The zero-order chi connectivity index (χ0) is 11.4. The maximum atomic E-state index is 12.1. The van der Waals surface area contributed by atoms with Crippen LogP contribution in [0.3, 0.4) is 0 Å². The lowest BCUT2D eigenvalue weighted by Crippen LogP contribution is -2.21. The van der Waals surface area contributed by atoms with E-state index in [-0.39, 0.29) is 0 Å². The fourth-order valence-electron chi connectivity index (χ4n) is 0.748. The maximum absolute atomic E-state index is 12.1. The monoisotopic (exact) mass is 210 g/mol. The molecule has 0 saturated carbocycles. The maximum Gasteiger partial charge on any atom is 0.394 e. The van der Waals surface area contributed by atoms with E-state index in [2.05, 4.69) is 0 Å². The SMILES string of the molecule is COC(C)(C)CC=CC(C)C(F)(F)F. The Bertz CT molecular complexity index is 194. The van der Waals surface area contributed by atoms with Crippen LogP contribution in [0.1, 0.15) is 27.2 Å². The highest BCUT2D eigenvalue weighted by Crippen LogP contribution is 2.27. The van der Waals surface area contributed by atoms with Gasteiger partial charge in [0.1, 0.15) is 0 Å². The van der Waals surface area contributed by atoms with Crippen molar-refractivity contribution in [2.75, 3.05) is 7.11 Å². The first-order valence-electron chi connectivity index (χ1n) is 4.47. The minimum Gasteiger partial charge on any atom is -0.378 e. The highest BCUT2D eigenvalue weighted by molar-refractivity contribution is 4.93. The molecule has 14 heavy (non-hydrogen) atoms. The van der Waals surface area contributed by atoms with E-state index in [1.165, 1.54) is 12.2 Å². The predicted molar refractivity (Wildman–Crippen MR) is 50.1 cm³/mol. The smallest absolute Gasteiger partial charge is 0.378 e. The third-order valence-corrected chi connectivity index (χ3v) is 2.10. The molecular weight excluding hydrogens is 193 g/mol. The van der Waals surface area contributed by atoms with Crippen LogP contribution in [-0.4, -0.2) is 18.9 Å². The summed E-state index contributed by atoms with van der Waals surface area (Å²) in [7, 11) is 1.54. The molecule has 0 spiro atoms. The van der Waals surface area contributed by atoms with Crippen LogP contribution in [0.2, 0.25) is 0 Å². The predicted octanol–water partition coefficient (Wildman–Crippen LogP) is 3.56. The van der Waals surface area contributed by atoms with Gasteiger partial charge in [-0.3, -0.25) is 0 Å². The molecule has 0 radical (unpaired) electrons. The molecule has 1 unspecified atom stereocenters. The highest BCUT2D eigenvalue weighted by Gasteiger charge is 2.33. The molecule has 1 atom stereocenters. The van der Waals surface area contributed by atoms with Crippen LogP contribution in [0, 0.1) is 5.92 Å². The highest BCUT2D eigenvalue weighted by atomic mass is 19.4. The van der Waals surface area contributed by atoms with E-state index in [9.17, 15) is 13.2 Å². The van der Waals surface area contributed by atoms with E-state index in [0.717, 1.165) is 6.92 Å². The summed E-state index contributed by atoms with van der Waals surface area (Å²) in [6.45, 7) is 4.79. The minimum absolute atomic E-state index is 0.401. The van der Waals surface area contributed by atoms with Crippen molar-refractivity contribution in [3.63, 3.8) is 0 Å². The van der Waals surface area contributed by atoms with Crippen LogP contribution in [-0.2, 0) is 4.74 Å². The summed E-state index contributed by atoms with van der Waals surface area (Å²) >= 11 is 0. The van der Waals surface area contributed by atoms with Crippen molar-refractivity contribution in [2.45, 2.75) is 39.0 Å². The van der Waals surface area contributed by atoms with Gasteiger partial charge in [0.2, 0.25) is 0 Å². The Morgan fingerprint density at radius 1 is 1.29 bits per heavy atom. The second kappa shape index (κ2) is 4.82. The lowest BCUT2D eigenvalue weighted by molar-refractivity contribution is -0.156. The average Bonchev–Trinajstić information content (AvgIpc) is 2.02. The van der Waals surface area contributed by atoms with Crippen molar-refractivity contribution in [1.29, 1.82) is 0 Å². The van der Waals surface area contributed by atoms with E-state index in [0.29, 0.717) is 6.42 Å². The van der Waals surface area contributed by atoms with Gasteiger partial charge < -0.3 is 4.74 Å². The Morgan fingerprint density at radius 3 is 2.14 bits per heavy atom. The van der Waals surface area contributed by atoms with Crippen molar-refractivity contribution in [2.24, 2.45) is 5.92 Å². The number of methoxy groups -OCH3 is 1. The molecule has 0 aliphatic heterocycles. The number of rotatable bonds is 4. The molecule has 0 fully saturated rings. The summed E-state index contributed by atoms with van der Waals surface area (Å²) in [5, 5.41) is 0. The van der Waals surface area contributed by atoms with Gasteiger partial charge >= 0.3 is 6.18 Å². The molecule has 0 saturated heterocycles. The van der Waals surface area contributed by atoms with E-state index in [1.54, 1.807) is 7.11 Å². The van der Waals surface area contributed by atoms with E-state index in [4.69, 9.17) is 4.74 Å². The van der Waals surface area contributed by atoms with Crippen molar-refractivity contribution in [3.8, 4) is 0 Å². The first-order chi connectivity index (χ1) is 6.19. The van der Waals surface area contributed by atoms with Gasteiger partial charge in [-0.15, -0.1) is 0 Å². The van der Waals surface area contributed by atoms with Crippen LogP contribution < -0.4 is 0 Å². The van der Waals surface area contributed by atoms with Gasteiger partial charge in [-0.05, 0) is 20.3 Å².